The van der Waals surface area contributed by atoms with E-state index < -0.39 is 0 Å². The van der Waals surface area contributed by atoms with Crippen LogP contribution in [0.4, 0.5) is 0 Å². The standard InChI is InChI=1S/C10H8ClIN2/c11-9-3-1-8(2-4-9)6-14-7-10(12)5-13-14/h1-5,7H,6H2. The molecule has 0 aliphatic heterocycles. The fraction of sp³-hybridized carbons (Fsp3) is 0.100. The Kier molecular flexibility index (Phi) is 3.08. The van der Waals surface area contributed by atoms with Crippen LogP contribution >= 0.6 is 34.2 Å². The number of hydrogen-bond acceptors (Lipinski definition) is 1. The van der Waals surface area contributed by atoms with Crippen LogP contribution in [0.2, 0.25) is 5.02 Å². The maximum absolute atomic E-state index is 5.80. The van der Waals surface area contributed by atoms with Gasteiger partial charge in [-0.05, 0) is 40.3 Å². The summed E-state index contributed by atoms with van der Waals surface area (Å²) in [7, 11) is 0. The highest BCUT2D eigenvalue weighted by Crippen LogP contribution is 2.11. The first-order valence-electron chi connectivity index (χ1n) is 4.16. The minimum absolute atomic E-state index is 0.767. The molecule has 0 unspecified atom stereocenters. The molecule has 14 heavy (non-hydrogen) atoms. The van der Waals surface area contributed by atoms with Gasteiger partial charge in [0.2, 0.25) is 0 Å². The average molecular weight is 319 g/mol. The Bertz CT molecular complexity index is 422. The summed E-state index contributed by atoms with van der Waals surface area (Å²) in [6.07, 6.45) is 3.85. The van der Waals surface area contributed by atoms with Crippen LogP contribution < -0.4 is 0 Å². The molecule has 2 nitrogen and oxygen atoms in total. The third-order valence-corrected chi connectivity index (χ3v) is 2.67. The van der Waals surface area contributed by atoms with Gasteiger partial charge in [0, 0.05) is 11.2 Å². The fourth-order valence-corrected chi connectivity index (χ4v) is 1.77. The van der Waals surface area contributed by atoms with Crippen LogP contribution in [0.15, 0.2) is 36.7 Å². The van der Waals surface area contributed by atoms with E-state index in [2.05, 4.69) is 27.7 Å². The Morgan fingerprint density at radius 2 is 2.00 bits per heavy atom. The Morgan fingerprint density at radius 3 is 2.57 bits per heavy atom. The van der Waals surface area contributed by atoms with E-state index in [0.29, 0.717) is 0 Å². The van der Waals surface area contributed by atoms with E-state index in [1.54, 1.807) is 0 Å². The van der Waals surface area contributed by atoms with Crippen molar-refractivity contribution >= 4 is 34.2 Å². The third-order valence-electron chi connectivity index (χ3n) is 1.86. The van der Waals surface area contributed by atoms with Crippen LogP contribution in [0, 0.1) is 3.57 Å². The third kappa shape index (κ3) is 2.48. The van der Waals surface area contributed by atoms with Gasteiger partial charge in [-0.3, -0.25) is 4.68 Å². The van der Waals surface area contributed by atoms with Crippen molar-refractivity contribution in [2.24, 2.45) is 0 Å². The van der Waals surface area contributed by atoms with Crippen molar-refractivity contribution in [1.82, 2.24) is 9.78 Å². The Labute approximate surface area is 101 Å². The molecule has 0 radical (unpaired) electrons. The molecule has 0 fully saturated rings. The van der Waals surface area contributed by atoms with Gasteiger partial charge in [0.15, 0.2) is 0 Å². The highest BCUT2D eigenvalue weighted by atomic mass is 127. The first-order valence-corrected chi connectivity index (χ1v) is 5.62. The Morgan fingerprint density at radius 1 is 1.29 bits per heavy atom. The molecular formula is C10H8ClIN2. The first-order chi connectivity index (χ1) is 6.74. The molecule has 0 aliphatic rings. The van der Waals surface area contributed by atoms with Crippen LogP contribution in [-0.4, -0.2) is 9.78 Å². The zero-order chi connectivity index (χ0) is 9.97. The van der Waals surface area contributed by atoms with Gasteiger partial charge in [0.1, 0.15) is 0 Å². The first kappa shape index (κ1) is 9.98. The number of rotatable bonds is 2. The summed E-state index contributed by atoms with van der Waals surface area (Å²) >= 11 is 8.04. The quantitative estimate of drug-likeness (QED) is 0.778. The summed E-state index contributed by atoms with van der Waals surface area (Å²) in [6.45, 7) is 0.792. The molecule has 1 heterocycles. The summed E-state index contributed by atoms with van der Waals surface area (Å²) in [5, 5.41) is 4.98. The van der Waals surface area contributed by atoms with Crippen molar-refractivity contribution in [2.75, 3.05) is 0 Å². The molecule has 0 N–H and O–H groups in total. The molecule has 1 aromatic carbocycles. The SMILES string of the molecule is Clc1ccc(Cn2cc(I)cn2)cc1. The Hall–Kier alpha value is -0.550. The van der Waals surface area contributed by atoms with E-state index in [-0.39, 0.29) is 0 Å². The monoisotopic (exact) mass is 318 g/mol. The van der Waals surface area contributed by atoms with E-state index in [4.69, 9.17) is 11.6 Å². The lowest BCUT2D eigenvalue weighted by Gasteiger charge is -2.01. The van der Waals surface area contributed by atoms with Crippen molar-refractivity contribution in [3.63, 3.8) is 0 Å². The van der Waals surface area contributed by atoms with E-state index >= 15 is 0 Å². The van der Waals surface area contributed by atoms with Gasteiger partial charge >= 0.3 is 0 Å². The van der Waals surface area contributed by atoms with Crippen LogP contribution in [0.5, 0.6) is 0 Å². The smallest absolute Gasteiger partial charge is 0.0659 e. The van der Waals surface area contributed by atoms with Gasteiger partial charge in [0.05, 0.1) is 16.3 Å². The molecule has 72 valence electrons. The van der Waals surface area contributed by atoms with Gasteiger partial charge in [-0.1, -0.05) is 23.7 Å². The highest BCUT2D eigenvalue weighted by Gasteiger charge is 1.97. The Balaban J connectivity index is 2.15. The van der Waals surface area contributed by atoms with Gasteiger partial charge in [-0.25, -0.2) is 0 Å². The van der Waals surface area contributed by atoms with Crippen molar-refractivity contribution in [3.8, 4) is 0 Å². The summed E-state index contributed by atoms with van der Waals surface area (Å²) in [5.74, 6) is 0. The molecule has 0 amide bonds. The average Bonchev–Trinajstić information content (AvgIpc) is 2.56. The molecule has 1 aromatic heterocycles. The van der Waals surface area contributed by atoms with Gasteiger partial charge < -0.3 is 0 Å². The lowest BCUT2D eigenvalue weighted by molar-refractivity contribution is 0.686. The number of aromatic nitrogens is 2. The van der Waals surface area contributed by atoms with E-state index in [9.17, 15) is 0 Å². The molecule has 0 saturated heterocycles. The predicted octanol–water partition coefficient (Wildman–Crippen LogP) is 3.19. The van der Waals surface area contributed by atoms with Gasteiger partial charge in [-0.2, -0.15) is 5.10 Å². The zero-order valence-corrected chi connectivity index (χ0v) is 10.2. The highest BCUT2D eigenvalue weighted by molar-refractivity contribution is 14.1. The number of hydrogen-bond donors (Lipinski definition) is 0. The second-order valence-electron chi connectivity index (χ2n) is 2.98. The van der Waals surface area contributed by atoms with Crippen LogP contribution in [0.1, 0.15) is 5.56 Å². The van der Waals surface area contributed by atoms with E-state index in [1.165, 1.54) is 5.56 Å². The topological polar surface area (TPSA) is 17.8 Å². The second-order valence-corrected chi connectivity index (χ2v) is 4.66. The summed E-state index contributed by atoms with van der Waals surface area (Å²) in [6, 6.07) is 7.81. The summed E-state index contributed by atoms with van der Waals surface area (Å²) in [5.41, 5.74) is 1.20. The second kappa shape index (κ2) is 4.31. The van der Waals surface area contributed by atoms with Crippen LogP contribution in [0.25, 0.3) is 0 Å². The number of nitrogens with zero attached hydrogens (tertiary/aromatic N) is 2. The minimum atomic E-state index is 0.767. The fourth-order valence-electron chi connectivity index (χ4n) is 1.20. The lowest BCUT2D eigenvalue weighted by Crippen LogP contribution is -1.99. The predicted molar refractivity (Wildman–Crippen MR) is 65.5 cm³/mol. The normalized spacial score (nSPS) is 10.4. The number of halogens is 2. The van der Waals surface area contributed by atoms with Crippen molar-refractivity contribution in [2.45, 2.75) is 6.54 Å². The van der Waals surface area contributed by atoms with Crippen molar-refractivity contribution in [3.05, 3.63) is 50.8 Å². The summed E-state index contributed by atoms with van der Waals surface area (Å²) < 4.78 is 3.06. The van der Waals surface area contributed by atoms with Crippen LogP contribution in [0.3, 0.4) is 0 Å². The molecule has 0 spiro atoms. The lowest BCUT2D eigenvalue weighted by atomic mass is 10.2. The zero-order valence-electron chi connectivity index (χ0n) is 7.32. The molecule has 0 aliphatic carbocycles. The summed E-state index contributed by atoms with van der Waals surface area (Å²) in [4.78, 5) is 0. The molecule has 0 atom stereocenters. The largest absolute Gasteiger partial charge is 0.267 e. The maximum Gasteiger partial charge on any atom is 0.0659 e. The maximum atomic E-state index is 5.80. The molecular weight excluding hydrogens is 310 g/mol. The molecule has 0 saturated carbocycles. The van der Waals surface area contributed by atoms with Crippen molar-refractivity contribution in [1.29, 1.82) is 0 Å². The van der Waals surface area contributed by atoms with E-state index in [0.717, 1.165) is 15.1 Å². The van der Waals surface area contributed by atoms with Gasteiger partial charge in [0.25, 0.3) is 0 Å². The molecule has 2 aromatic rings. The van der Waals surface area contributed by atoms with Crippen LogP contribution in [-0.2, 0) is 6.54 Å². The minimum Gasteiger partial charge on any atom is -0.267 e. The van der Waals surface area contributed by atoms with Gasteiger partial charge in [-0.15, -0.1) is 0 Å². The van der Waals surface area contributed by atoms with E-state index in [1.807, 2.05) is 41.3 Å². The molecule has 0 bridgehead atoms. The number of benzene rings is 1. The van der Waals surface area contributed by atoms with Crippen molar-refractivity contribution < 1.29 is 0 Å². The molecule has 4 heteroatoms. The molecule has 2 rings (SSSR count).